The van der Waals surface area contributed by atoms with Crippen molar-refractivity contribution in [3.05, 3.63) is 11.9 Å². The van der Waals surface area contributed by atoms with Gasteiger partial charge in [-0.25, -0.2) is 4.68 Å². The highest BCUT2D eigenvalue weighted by atomic mass is 16.2. The number of carbonyl (C=O) groups is 1. The maximum absolute atomic E-state index is 12.7. The van der Waals surface area contributed by atoms with Crippen LogP contribution >= 0.6 is 0 Å². The van der Waals surface area contributed by atoms with Gasteiger partial charge in [-0.3, -0.25) is 4.79 Å². The third-order valence-corrected chi connectivity index (χ3v) is 5.42. The van der Waals surface area contributed by atoms with Gasteiger partial charge in [-0.15, -0.1) is 5.10 Å². The molecule has 0 aromatic carbocycles. The second-order valence-corrected chi connectivity index (χ2v) is 7.18. The Hall–Kier alpha value is -1.39. The van der Waals surface area contributed by atoms with Crippen molar-refractivity contribution in [1.82, 2.24) is 19.9 Å². The topological polar surface area (TPSA) is 51.0 Å². The summed E-state index contributed by atoms with van der Waals surface area (Å²) in [4.78, 5) is 14.8. The average Bonchev–Trinajstić information content (AvgIpc) is 2.88. The van der Waals surface area contributed by atoms with E-state index in [9.17, 15) is 4.79 Å². The van der Waals surface area contributed by atoms with Crippen LogP contribution in [-0.2, 0) is 11.2 Å². The van der Waals surface area contributed by atoms with Gasteiger partial charge in [0.1, 0.15) is 0 Å². The Balaban J connectivity index is 1.51. The highest BCUT2D eigenvalue weighted by molar-refractivity contribution is 5.78. The molecule has 3 rings (SSSR count). The molecule has 0 N–H and O–H groups in total. The molecule has 1 saturated carbocycles. The lowest BCUT2D eigenvalue weighted by molar-refractivity contribution is -0.137. The zero-order chi connectivity index (χ0) is 16.1. The monoisotopic (exact) mass is 318 g/mol. The number of aryl methyl sites for hydroxylation is 1. The van der Waals surface area contributed by atoms with Crippen LogP contribution in [0.4, 0.5) is 0 Å². The van der Waals surface area contributed by atoms with E-state index in [0.29, 0.717) is 11.9 Å². The lowest BCUT2D eigenvalue weighted by Crippen LogP contribution is -2.42. The molecule has 5 nitrogen and oxygen atoms in total. The third-order valence-electron chi connectivity index (χ3n) is 5.42. The van der Waals surface area contributed by atoms with Crippen LogP contribution in [0.1, 0.15) is 76.4 Å². The summed E-state index contributed by atoms with van der Waals surface area (Å²) < 4.78 is 2.03. The van der Waals surface area contributed by atoms with Crippen molar-refractivity contribution in [2.75, 3.05) is 13.1 Å². The van der Waals surface area contributed by atoms with Gasteiger partial charge in [0.15, 0.2) is 0 Å². The van der Waals surface area contributed by atoms with Gasteiger partial charge < -0.3 is 4.90 Å². The Kier molecular flexibility index (Phi) is 5.68. The third kappa shape index (κ3) is 4.12. The van der Waals surface area contributed by atoms with Crippen LogP contribution in [0.25, 0.3) is 0 Å². The number of piperidine rings is 1. The second kappa shape index (κ2) is 7.93. The minimum absolute atomic E-state index is 0.288. The normalized spacial score (nSPS) is 21.3. The fraction of sp³-hybridized carbons (Fsp3) is 0.833. The Morgan fingerprint density at radius 2 is 1.83 bits per heavy atom. The molecule has 1 saturated heterocycles. The first kappa shape index (κ1) is 16.5. The van der Waals surface area contributed by atoms with Crippen molar-refractivity contribution in [3.63, 3.8) is 0 Å². The van der Waals surface area contributed by atoms with Gasteiger partial charge in [0, 0.05) is 25.2 Å². The Morgan fingerprint density at radius 3 is 2.48 bits per heavy atom. The summed E-state index contributed by atoms with van der Waals surface area (Å²) in [5, 5.41) is 8.55. The average molecular weight is 318 g/mol. The molecule has 0 atom stereocenters. The van der Waals surface area contributed by atoms with E-state index in [4.69, 9.17) is 0 Å². The Morgan fingerprint density at radius 1 is 1.13 bits per heavy atom. The molecule has 1 aliphatic carbocycles. The lowest BCUT2D eigenvalue weighted by Gasteiger charge is -2.34. The molecule has 1 amide bonds. The van der Waals surface area contributed by atoms with Crippen LogP contribution in [0, 0.1) is 5.92 Å². The highest BCUT2D eigenvalue weighted by Crippen LogP contribution is 2.28. The van der Waals surface area contributed by atoms with E-state index >= 15 is 0 Å². The first-order chi connectivity index (χ1) is 11.3. The van der Waals surface area contributed by atoms with Gasteiger partial charge in [0.2, 0.25) is 5.91 Å². The number of hydrogen-bond acceptors (Lipinski definition) is 3. The Labute approximate surface area is 139 Å². The maximum atomic E-state index is 12.7. The largest absolute Gasteiger partial charge is 0.342 e. The lowest BCUT2D eigenvalue weighted by atomic mass is 9.96. The molecule has 23 heavy (non-hydrogen) atoms. The number of carbonyl (C=O) groups excluding carboxylic acids is 1. The minimum atomic E-state index is 0.288. The van der Waals surface area contributed by atoms with Crippen molar-refractivity contribution >= 4 is 5.91 Å². The molecular weight excluding hydrogens is 288 g/mol. The van der Waals surface area contributed by atoms with E-state index in [1.54, 1.807) is 0 Å². The van der Waals surface area contributed by atoms with Crippen molar-refractivity contribution in [2.24, 2.45) is 5.92 Å². The molecule has 0 radical (unpaired) electrons. The number of nitrogens with zero attached hydrogens (tertiary/aromatic N) is 4. The number of rotatable bonds is 4. The molecule has 2 fully saturated rings. The van der Waals surface area contributed by atoms with Crippen LogP contribution in [0.5, 0.6) is 0 Å². The number of amides is 1. The van der Waals surface area contributed by atoms with Crippen molar-refractivity contribution in [3.8, 4) is 0 Å². The summed E-state index contributed by atoms with van der Waals surface area (Å²) in [6, 6.07) is 0.409. The van der Waals surface area contributed by atoms with Crippen molar-refractivity contribution < 1.29 is 4.79 Å². The van der Waals surface area contributed by atoms with E-state index in [1.165, 1.54) is 25.7 Å². The summed E-state index contributed by atoms with van der Waals surface area (Å²) in [5.41, 5.74) is 1.09. The number of aromatic nitrogens is 3. The molecule has 1 aliphatic heterocycles. The molecule has 0 unspecified atom stereocenters. The molecule has 5 heteroatoms. The van der Waals surface area contributed by atoms with E-state index < -0.39 is 0 Å². The van der Waals surface area contributed by atoms with E-state index in [0.717, 1.165) is 57.3 Å². The first-order valence-corrected chi connectivity index (χ1v) is 9.47. The standard InChI is InChI=1S/C18H30N4O/c1-2-7-16-14-22(20-19-16)17-10-12-21(13-11-17)18(23)15-8-5-3-4-6-9-15/h14-15,17H,2-13H2,1H3. The molecule has 0 bridgehead atoms. The molecule has 1 aromatic heterocycles. The van der Waals surface area contributed by atoms with Crippen LogP contribution in [-0.4, -0.2) is 38.9 Å². The summed E-state index contributed by atoms with van der Waals surface area (Å²) in [5.74, 6) is 0.701. The van der Waals surface area contributed by atoms with E-state index in [2.05, 4.69) is 28.3 Å². The van der Waals surface area contributed by atoms with Gasteiger partial charge >= 0.3 is 0 Å². The van der Waals surface area contributed by atoms with E-state index in [1.807, 2.05) is 4.68 Å². The van der Waals surface area contributed by atoms with E-state index in [-0.39, 0.29) is 5.92 Å². The predicted molar refractivity (Wildman–Crippen MR) is 90.1 cm³/mol. The van der Waals surface area contributed by atoms with Crippen LogP contribution in [0.15, 0.2) is 6.20 Å². The second-order valence-electron chi connectivity index (χ2n) is 7.18. The van der Waals surface area contributed by atoms with Crippen molar-refractivity contribution in [2.45, 2.75) is 77.2 Å². The summed E-state index contributed by atoms with van der Waals surface area (Å²) in [7, 11) is 0. The minimum Gasteiger partial charge on any atom is -0.342 e. The molecular formula is C18H30N4O. The fourth-order valence-corrected chi connectivity index (χ4v) is 4.00. The van der Waals surface area contributed by atoms with Gasteiger partial charge in [-0.1, -0.05) is 44.2 Å². The summed E-state index contributed by atoms with van der Waals surface area (Å²) >= 11 is 0. The molecule has 1 aromatic rings. The van der Waals surface area contributed by atoms with Crippen LogP contribution in [0.3, 0.4) is 0 Å². The molecule has 0 spiro atoms. The zero-order valence-corrected chi connectivity index (χ0v) is 14.4. The maximum Gasteiger partial charge on any atom is 0.225 e. The fourth-order valence-electron chi connectivity index (χ4n) is 4.00. The first-order valence-electron chi connectivity index (χ1n) is 9.47. The SMILES string of the molecule is CCCc1cn(C2CCN(C(=O)C3CCCCCC3)CC2)nn1. The molecule has 128 valence electrons. The number of hydrogen-bond donors (Lipinski definition) is 0. The number of likely N-dealkylation sites (tertiary alicyclic amines) is 1. The molecule has 2 aliphatic rings. The van der Waals surface area contributed by atoms with Gasteiger partial charge in [-0.2, -0.15) is 0 Å². The van der Waals surface area contributed by atoms with Crippen molar-refractivity contribution in [1.29, 1.82) is 0 Å². The Bertz CT molecular complexity index is 497. The van der Waals surface area contributed by atoms with Gasteiger partial charge in [0.25, 0.3) is 0 Å². The molecule has 2 heterocycles. The summed E-state index contributed by atoms with van der Waals surface area (Å²) in [6.07, 6.45) is 13.5. The van der Waals surface area contributed by atoms with Gasteiger partial charge in [0.05, 0.1) is 11.7 Å². The van der Waals surface area contributed by atoms with Crippen LogP contribution in [0.2, 0.25) is 0 Å². The quantitative estimate of drug-likeness (QED) is 0.800. The van der Waals surface area contributed by atoms with Crippen LogP contribution < -0.4 is 0 Å². The highest BCUT2D eigenvalue weighted by Gasteiger charge is 2.29. The van der Waals surface area contributed by atoms with Gasteiger partial charge in [-0.05, 0) is 32.1 Å². The zero-order valence-electron chi connectivity index (χ0n) is 14.4. The predicted octanol–water partition coefficient (Wildman–Crippen LogP) is 3.36. The smallest absolute Gasteiger partial charge is 0.225 e. The summed E-state index contributed by atoms with van der Waals surface area (Å²) in [6.45, 7) is 3.92.